The topological polar surface area (TPSA) is 116 Å². The molecule has 0 aromatic heterocycles. The summed E-state index contributed by atoms with van der Waals surface area (Å²) in [6.45, 7) is 2.15. The molecule has 0 bridgehead atoms. The SMILES string of the molecule is CCCCCCCC(=O)NC1c2ccccc2CC1CC(=O)c1cc(O)cc(NC=O)c1O. The van der Waals surface area contributed by atoms with Gasteiger partial charge in [0.2, 0.25) is 12.3 Å². The highest BCUT2D eigenvalue weighted by Gasteiger charge is 2.35. The van der Waals surface area contributed by atoms with E-state index in [-0.39, 0.29) is 52.8 Å². The van der Waals surface area contributed by atoms with Gasteiger partial charge in [0.25, 0.3) is 0 Å². The van der Waals surface area contributed by atoms with Crippen molar-refractivity contribution >= 4 is 23.8 Å². The number of rotatable bonds is 12. The van der Waals surface area contributed by atoms with Crippen molar-refractivity contribution < 1.29 is 24.6 Å². The standard InChI is InChI=1S/C26H32N2O5/c1-2-3-4-5-6-11-24(32)28-25-18(12-17-9-7-8-10-20(17)25)13-23(31)21-14-19(30)15-22(26(21)33)27-16-29/h7-10,14-16,18,25,30,33H,2-6,11-13H2,1H3,(H,27,29)(H,28,32). The van der Waals surface area contributed by atoms with Crippen LogP contribution in [0.3, 0.4) is 0 Å². The van der Waals surface area contributed by atoms with Crippen molar-refractivity contribution in [3.05, 3.63) is 53.1 Å². The number of fused-ring (bicyclic) bond motifs is 1. The minimum Gasteiger partial charge on any atom is -0.508 e. The fourth-order valence-corrected chi connectivity index (χ4v) is 4.55. The third-order valence-electron chi connectivity index (χ3n) is 6.22. The largest absolute Gasteiger partial charge is 0.508 e. The van der Waals surface area contributed by atoms with Gasteiger partial charge >= 0.3 is 0 Å². The van der Waals surface area contributed by atoms with Crippen LogP contribution in [0, 0.1) is 5.92 Å². The minimum atomic E-state index is -0.381. The van der Waals surface area contributed by atoms with E-state index < -0.39 is 0 Å². The van der Waals surface area contributed by atoms with E-state index >= 15 is 0 Å². The Morgan fingerprint density at radius 2 is 1.85 bits per heavy atom. The van der Waals surface area contributed by atoms with Gasteiger partial charge in [-0.25, -0.2) is 0 Å². The van der Waals surface area contributed by atoms with Crippen LogP contribution in [0.15, 0.2) is 36.4 Å². The molecule has 2 aromatic rings. The molecule has 2 amide bonds. The summed E-state index contributed by atoms with van der Waals surface area (Å²) >= 11 is 0. The summed E-state index contributed by atoms with van der Waals surface area (Å²) in [6.07, 6.45) is 6.85. The van der Waals surface area contributed by atoms with E-state index in [0.717, 1.165) is 36.8 Å². The fraction of sp³-hybridized carbons (Fsp3) is 0.423. The first-order valence-electron chi connectivity index (χ1n) is 11.6. The normalized spacial score (nSPS) is 16.8. The van der Waals surface area contributed by atoms with Crippen LogP contribution in [0.1, 0.15) is 79.4 Å². The van der Waals surface area contributed by atoms with Gasteiger partial charge in [0.05, 0.1) is 17.3 Å². The van der Waals surface area contributed by atoms with E-state index in [0.29, 0.717) is 19.3 Å². The Morgan fingerprint density at radius 1 is 1.09 bits per heavy atom. The van der Waals surface area contributed by atoms with Crippen LogP contribution in [-0.4, -0.2) is 28.3 Å². The van der Waals surface area contributed by atoms with Gasteiger partial charge in [-0.15, -0.1) is 0 Å². The molecule has 0 fully saturated rings. The molecule has 2 aromatic carbocycles. The molecule has 0 spiro atoms. The summed E-state index contributed by atoms with van der Waals surface area (Å²) in [5, 5.41) is 25.8. The van der Waals surface area contributed by atoms with Crippen LogP contribution in [-0.2, 0) is 16.0 Å². The van der Waals surface area contributed by atoms with Gasteiger partial charge in [0, 0.05) is 18.9 Å². The number of phenols is 2. The van der Waals surface area contributed by atoms with Crippen LogP contribution in [0.4, 0.5) is 5.69 Å². The summed E-state index contributed by atoms with van der Waals surface area (Å²) in [6, 6.07) is 9.92. The molecule has 0 heterocycles. The molecule has 33 heavy (non-hydrogen) atoms. The lowest BCUT2D eigenvalue weighted by Gasteiger charge is -2.22. The molecule has 0 radical (unpaired) electrons. The molecular weight excluding hydrogens is 420 g/mol. The van der Waals surface area contributed by atoms with E-state index in [1.165, 1.54) is 18.6 Å². The molecule has 176 valence electrons. The van der Waals surface area contributed by atoms with Crippen molar-refractivity contribution in [1.82, 2.24) is 5.32 Å². The lowest BCUT2D eigenvalue weighted by Crippen LogP contribution is -2.32. The quantitative estimate of drug-likeness (QED) is 0.123. The average molecular weight is 453 g/mol. The first-order valence-corrected chi connectivity index (χ1v) is 11.6. The van der Waals surface area contributed by atoms with Crippen molar-refractivity contribution in [2.24, 2.45) is 5.92 Å². The number of hydrogen-bond acceptors (Lipinski definition) is 5. The molecule has 4 N–H and O–H groups in total. The molecule has 1 aliphatic rings. The van der Waals surface area contributed by atoms with Crippen molar-refractivity contribution in [3.8, 4) is 11.5 Å². The number of amides is 2. The number of anilines is 1. The maximum absolute atomic E-state index is 13.1. The van der Waals surface area contributed by atoms with Gasteiger partial charge in [0.15, 0.2) is 5.78 Å². The zero-order valence-electron chi connectivity index (χ0n) is 19.0. The molecule has 0 saturated heterocycles. The first-order chi connectivity index (χ1) is 15.9. The highest BCUT2D eigenvalue weighted by Crippen LogP contribution is 2.40. The number of unbranched alkanes of at least 4 members (excludes halogenated alkanes) is 4. The number of aromatic hydroxyl groups is 2. The third-order valence-corrected chi connectivity index (χ3v) is 6.22. The predicted octanol–water partition coefficient (Wildman–Crippen LogP) is 4.63. The lowest BCUT2D eigenvalue weighted by molar-refractivity contribution is -0.122. The maximum atomic E-state index is 13.1. The highest BCUT2D eigenvalue weighted by atomic mass is 16.3. The monoisotopic (exact) mass is 452 g/mol. The summed E-state index contributed by atoms with van der Waals surface area (Å²) in [5.74, 6) is -1.18. The number of carbonyl (C=O) groups is 3. The summed E-state index contributed by atoms with van der Waals surface area (Å²) in [7, 11) is 0. The molecular formula is C26H32N2O5. The smallest absolute Gasteiger partial charge is 0.220 e. The summed E-state index contributed by atoms with van der Waals surface area (Å²) in [5.41, 5.74) is 2.01. The maximum Gasteiger partial charge on any atom is 0.220 e. The van der Waals surface area contributed by atoms with Gasteiger partial charge < -0.3 is 20.8 Å². The predicted molar refractivity (Wildman–Crippen MR) is 126 cm³/mol. The second kappa shape index (κ2) is 11.5. The number of Topliss-reactive ketones (excluding diaryl/α,β-unsaturated/α-hetero) is 1. The van der Waals surface area contributed by atoms with Crippen molar-refractivity contribution in [3.63, 3.8) is 0 Å². The third kappa shape index (κ3) is 6.12. The van der Waals surface area contributed by atoms with Gasteiger partial charge in [-0.05, 0) is 36.0 Å². The fourth-order valence-electron chi connectivity index (χ4n) is 4.55. The molecule has 2 atom stereocenters. The number of nitrogens with one attached hydrogen (secondary N) is 2. The van der Waals surface area contributed by atoms with E-state index in [1.807, 2.05) is 24.3 Å². The van der Waals surface area contributed by atoms with E-state index in [9.17, 15) is 24.6 Å². The Balaban J connectivity index is 1.73. The number of ketones is 1. The Labute approximate surface area is 194 Å². The van der Waals surface area contributed by atoms with Gasteiger partial charge in [-0.3, -0.25) is 14.4 Å². The average Bonchev–Trinajstić information content (AvgIpc) is 3.12. The number of hydrogen-bond donors (Lipinski definition) is 4. The number of benzene rings is 2. The van der Waals surface area contributed by atoms with Crippen LogP contribution in [0.25, 0.3) is 0 Å². The zero-order chi connectivity index (χ0) is 23.8. The Morgan fingerprint density at radius 3 is 2.61 bits per heavy atom. The lowest BCUT2D eigenvalue weighted by atomic mass is 9.91. The van der Waals surface area contributed by atoms with Gasteiger partial charge in [-0.1, -0.05) is 56.9 Å². The molecule has 7 heteroatoms. The summed E-state index contributed by atoms with van der Waals surface area (Å²) < 4.78 is 0. The molecule has 0 saturated carbocycles. The minimum absolute atomic E-state index is 0.0247. The van der Waals surface area contributed by atoms with Crippen LogP contribution < -0.4 is 10.6 Å². The van der Waals surface area contributed by atoms with Crippen LogP contribution in [0.5, 0.6) is 11.5 Å². The molecule has 3 rings (SSSR count). The van der Waals surface area contributed by atoms with Crippen molar-refractivity contribution in [2.45, 2.75) is 64.3 Å². The Kier molecular flexibility index (Phi) is 8.46. The molecule has 1 aliphatic carbocycles. The van der Waals surface area contributed by atoms with E-state index in [2.05, 4.69) is 17.6 Å². The van der Waals surface area contributed by atoms with Gasteiger partial charge in [0.1, 0.15) is 11.5 Å². The van der Waals surface area contributed by atoms with E-state index in [1.54, 1.807) is 0 Å². The molecule has 0 aliphatic heterocycles. The zero-order valence-corrected chi connectivity index (χ0v) is 19.0. The molecule has 7 nitrogen and oxygen atoms in total. The Hall–Kier alpha value is -3.35. The number of phenolic OH excluding ortho intramolecular Hbond substituents is 2. The second-order valence-electron chi connectivity index (χ2n) is 8.65. The van der Waals surface area contributed by atoms with E-state index in [4.69, 9.17) is 0 Å². The Bertz CT molecular complexity index is 1000. The molecule has 2 unspecified atom stereocenters. The van der Waals surface area contributed by atoms with Crippen LogP contribution >= 0.6 is 0 Å². The first kappa shape index (κ1) is 24.3. The second-order valence-corrected chi connectivity index (χ2v) is 8.65. The number of carbonyl (C=O) groups excluding carboxylic acids is 3. The van der Waals surface area contributed by atoms with Crippen molar-refractivity contribution in [1.29, 1.82) is 0 Å². The highest BCUT2D eigenvalue weighted by molar-refractivity contribution is 6.01. The summed E-state index contributed by atoms with van der Waals surface area (Å²) in [4.78, 5) is 36.5. The van der Waals surface area contributed by atoms with Gasteiger partial charge in [-0.2, -0.15) is 0 Å². The van der Waals surface area contributed by atoms with Crippen molar-refractivity contribution in [2.75, 3.05) is 5.32 Å². The van der Waals surface area contributed by atoms with Crippen LogP contribution in [0.2, 0.25) is 0 Å².